The Kier molecular flexibility index (Phi) is 3.27. The Morgan fingerprint density at radius 1 is 1.40 bits per heavy atom. The molecule has 0 amide bonds. The van der Waals surface area contributed by atoms with Gasteiger partial charge in [0.05, 0.1) is 0 Å². The van der Waals surface area contributed by atoms with Crippen LogP contribution < -0.4 is 10.2 Å². The number of hydrogen-bond donors (Lipinski definition) is 1. The van der Waals surface area contributed by atoms with E-state index in [1.54, 1.807) is 0 Å². The molecule has 82 valence electrons. The van der Waals surface area contributed by atoms with Gasteiger partial charge in [-0.05, 0) is 18.1 Å². The number of nitrogens with one attached hydrogen (secondary N) is 1. The van der Waals surface area contributed by atoms with Crippen molar-refractivity contribution in [2.75, 3.05) is 18.5 Å². The van der Waals surface area contributed by atoms with Crippen LogP contribution in [0.15, 0.2) is 24.3 Å². The van der Waals surface area contributed by atoms with Gasteiger partial charge in [0.15, 0.2) is 0 Å². The van der Waals surface area contributed by atoms with E-state index in [2.05, 4.69) is 48.5 Å². The maximum absolute atomic E-state index is 3.63. The van der Waals surface area contributed by atoms with Crippen molar-refractivity contribution < 1.29 is 0 Å². The van der Waals surface area contributed by atoms with E-state index >= 15 is 0 Å². The predicted octanol–water partition coefficient (Wildman–Crippen LogP) is 2.39. The van der Waals surface area contributed by atoms with Gasteiger partial charge in [-0.1, -0.05) is 31.5 Å². The van der Waals surface area contributed by atoms with Crippen LogP contribution in [-0.2, 0) is 6.54 Å². The van der Waals surface area contributed by atoms with Crippen LogP contribution in [0.1, 0.15) is 25.3 Å². The van der Waals surface area contributed by atoms with Gasteiger partial charge in [-0.2, -0.15) is 0 Å². The number of nitrogens with zero attached hydrogens (tertiary/aromatic N) is 1. The van der Waals surface area contributed by atoms with Crippen molar-refractivity contribution in [1.29, 1.82) is 0 Å². The van der Waals surface area contributed by atoms with Crippen molar-refractivity contribution in [3.8, 4) is 0 Å². The molecule has 0 radical (unpaired) electrons. The molecule has 0 saturated carbocycles. The Morgan fingerprint density at radius 2 is 2.20 bits per heavy atom. The topological polar surface area (TPSA) is 15.3 Å². The SMILES string of the molecule is CCCC1CN(C)c2ccccc2CN1. The molecule has 2 nitrogen and oxygen atoms in total. The third kappa shape index (κ3) is 2.32. The van der Waals surface area contributed by atoms with Gasteiger partial charge in [-0.3, -0.25) is 0 Å². The summed E-state index contributed by atoms with van der Waals surface area (Å²) in [5.74, 6) is 0. The molecule has 0 aliphatic carbocycles. The number of hydrogen-bond acceptors (Lipinski definition) is 2. The third-order valence-electron chi connectivity index (χ3n) is 3.12. The molecule has 0 spiro atoms. The normalized spacial score (nSPS) is 20.9. The van der Waals surface area contributed by atoms with Crippen LogP contribution in [-0.4, -0.2) is 19.6 Å². The Morgan fingerprint density at radius 3 is 3.00 bits per heavy atom. The summed E-state index contributed by atoms with van der Waals surface area (Å²) in [7, 11) is 2.19. The molecule has 0 aromatic heterocycles. The quantitative estimate of drug-likeness (QED) is 0.795. The highest BCUT2D eigenvalue weighted by Gasteiger charge is 2.17. The van der Waals surface area contributed by atoms with Gasteiger partial charge in [-0.15, -0.1) is 0 Å². The second-order valence-electron chi connectivity index (χ2n) is 4.38. The lowest BCUT2D eigenvalue weighted by Gasteiger charge is -2.22. The fourth-order valence-corrected chi connectivity index (χ4v) is 2.32. The molecule has 1 aliphatic heterocycles. The Balaban J connectivity index is 2.17. The molecule has 1 atom stereocenters. The lowest BCUT2D eigenvalue weighted by Crippen LogP contribution is -2.36. The summed E-state index contributed by atoms with van der Waals surface area (Å²) in [6, 6.07) is 9.30. The van der Waals surface area contributed by atoms with Crippen molar-refractivity contribution in [1.82, 2.24) is 5.32 Å². The average Bonchev–Trinajstić information content (AvgIpc) is 2.40. The van der Waals surface area contributed by atoms with Gasteiger partial charge in [-0.25, -0.2) is 0 Å². The molecule has 1 aromatic rings. The van der Waals surface area contributed by atoms with Crippen molar-refractivity contribution in [2.24, 2.45) is 0 Å². The molecule has 1 unspecified atom stereocenters. The monoisotopic (exact) mass is 204 g/mol. The van der Waals surface area contributed by atoms with E-state index in [0.717, 1.165) is 13.1 Å². The molecule has 1 N–H and O–H groups in total. The molecular formula is C13H20N2. The van der Waals surface area contributed by atoms with E-state index in [0.29, 0.717) is 6.04 Å². The van der Waals surface area contributed by atoms with Crippen molar-refractivity contribution in [3.63, 3.8) is 0 Å². The summed E-state index contributed by atoms with van der Waals surface area (Å²) in [5, 5.41) is 3.63. The first-order chi connectivity index (χ1) is 7.31. The highest BCUT2D eigenvalue weighted by atomic mass is 15.1. The predicted molar refractivity (Wildman–Crippen MR) is 65.2 cm³/mol. The number of fused-ring (bicyclic) bond motifs is 1. The van der Waals surface area contributed by atoms with E-state index in [1.807, 2.05) is 0 Å². The summed E-state index contributed by atoms with van der Waals surface area (Å²) in [4.78, 5) is 2.37. The Labute approximate surface area is 92.3 Å². The lowest BCUT2D eigenvalue weighted by atomic mass is 10.1. The average molecular weight is 204 g/mol. The molecule has 0 fully saturated rings. The molecule has 1 aliphatic rings. The number of para-hydroxylation sites is 1. The minimum atomic E-state index is 0.632. The first kappa shape index (κ1) is 10.5. The van der Waals surface area contributed by atoms with Crippen LogP contribution in [0.3, 0.4) is 0 Å². The Hall–Kier alpha value is -1.02. The van der Waals surface area contributed by atoms with Crippen LogP contribution in [0.25, 0.3) is 0 Å². The highest BCUT2D eigenvalue weighted by Crippen LogP contribution is 2.22. The minimum absolute atomic E-state index is 0.632. The molecule has 15 heavy (non-hydrogen) atoms. The number of benzene rings is 1. The number of anilines is 1. The summed E-state index contributed by atoms with van der Waals surface area (Å²) in [6.45, 7) is 4.37. The summed E-state index contributed by atoms with van der Waals surface area (Å²) < 4.78 is 0. The zero-order valence-electron chi connectivity index (χ0n) is 9.66. The third-order valence-corrected chi connectivity index (χ3v) is 3.12. The van der Waals surface area contributed by atoms with Crippen LogP contribution >= 0.6 is 0 Å². The van der Waals surface area contributed by atoms with Gasteiger partial charge in [0, 0.05) is 31.9 Å². The Bertz CT molecular complexity index is 322. The second kappa shape index (κ2) is 4.67. The second-order valence-corrected chi connectivity index (χ2v) is 4.38. The van der Waals surface area contributed by atoms with Gasteiger partial charge >= 0.3 is 0 Å². The summed E-state index contributed by atoms with van der Waals surface area (Å²) >= 11 is 0. The first-order valence-corrected chi connectivity index (χ1v) is 5.83. The van der Waals surface area contributed by atoms with Crippen molar-refractivity contribution in [3.05, 3.63) is 29.8 Å². The highest BCUT2D eigenvalue weighted by molar-refractivity contribution is 5.53. The van der Waals surface area contributed by atoms with Gasteiger partial charge in [0.1, 0.15) is 0 Å². The first-order valence-electron chi connectivity index (χ1n) is 5.83. The fraction of sp³-hybridized carbons (Fsp3) is 0.538. The van der Waals surface area contributed by atoms with E-state index in [-0.39, 0.29) is 0 Å². The molecule has 2 heteroatoms. The van der Waals surface area contributed by atoms with Crippen LogP contribution in [0.5, 0.6) is 0 Å². The lowest BCUT2D eigenvalue weighted by molar-refractivity contribution is 0.487. The van der Waals surface area contributed by atoms with Crippen LogP contribution in [0, 0.1) is 0 Å². The number of rotatable bonds is 2. The molecule has 2 rings (SSSR count). The minimum Gasteiger partial charge on any atom is -0.373 e. The smallest absolute Gasteiger partial charge is 0.0409 e. The zero-order valence-corrected chi connectivity index (χ0v) is 9.66. The van der Waals surface area contributed by atoms with Crippen molar-refractivity contribution >= 4 is 5.69 Å². The fourth-order valence-electron chi connectivity index (χ4n) is 2.32. The summed E-state index contributed by atoms with van der Waals surface area (Å²) in [6.07, 6.45) is 2.51. The van der Waals surface area contributed by atoms with Gasteiger partial charge in [0.2, 0.25) is 0 Å². The van der Waals surface area contributed by atoms with Crippen LogP contribution in [0.2, 0.25) is 0 Å². The maximum Gasteiger partial charge on any atom is 0.0409 e. The molecule has 0 saturated heterocycles. The molecule has 0 bridgehead atoms. The largest absolute Gasteiger partial charge is 0.373 e. The molecular weight excluding hydrogens is 184 g/mol. The maximum atomic E-state index is 3.63. The number of likely N-dealkylation sites (N-methyl/N-ethyl adjacent to an activating group) is 1. The van der Waals surface area contributed by atoms with Gasteiger partial charge in [0.25, 0.3) is 0 Å². The molecule has 1 heterocycles. The van der Waals surface area contributed by atoms with Gasteiger partial charge < -0.3 is 10.2 Å². The van der Waals surface area contributed by atoms with E-state index in [1.165, 1.54) is 24.1 Å². The standard InChI is InChI=1S/C13H20N2/c1-3-6-12-10-15(2)13-8-5-4-7-11(13)9-14-12/h4-5,7-8,12,14H,3,6,9-10H2,1-2H3. The summed E-state index contributed by atoms with van der Waals surface area (Å²) in [5.41, 5.74) is 2.79. The van der Waals surface area contributed by atoms with E-state index in [9.17, 15) is 0 Å². The van der Waals surface area contributed by atoms with Crippen LogP contribution in [0.4, 0.5) is 5.69 Å². The van der Waals surface area contributed by atoms with Crippen molar-refractivity contribution in [2.45, 2.75) is 32.4 Å². The van der Waals surface area contributed by atoms with E-state index < -0.39 is 0 Å². The van der Waals surface area contributed by atoms with E-state index in [4.69, 9.17) is 0 Å². The molecule has 1 aromatic carbocycles. The zero-order chi connectivity index (χ0) is 10.7.